The molecule has 2 fully saturated rings. The molecule has 43 heavy (non-hydrogen) atoms. The summed E-state index contributed by atoms with van der Waals surface area (Å²) in [4.78, 5) is 26.3. The summed E-state index contributed by atoms with van der Waals surface area (Å²) in [6.07, 6.45) is 0.975. The van der Waals surface area contributed by atoms with Gasteiger partial charge in [0.05, 0.1) is 29.5 Å². The Balaban J connectivity index is 1.25. The lowest BCUT2D eigenvalue weighted by molar-refractivity contribution is -0.131. The zero-order valence-electron chi connectivity index (χ0n) is 24.6. The lowest BCUT2D eigenvalue weighted by atomic mass is 10.1. The lowest BCUT2D eigenvalue weighted by Gasteiger charge is -2.36. The monoisotopic (exact) mass is 602 g/mol. The van der Waals surface area contributed by atoms with Crippen LogP contribution in [0.15, 0.2) is 36.4 Å². The Kier molecular flexibility index (Phi) is 8.05. The molecule has 6 rings (SSSR count). The predicted octanol–water partition coefficient (Wildman–Crippen LogP) is 3.82. The van der Waals surface area contributed by atoms with Crippen molar-refractivity contribution in [2.24, 2.45) is 0 Å². The number of amides is 1. The Morgan fingerprint density at radius 2 is 1.93 bits per heavy atom. The maximum atomic E-state index is 13.5. The number of pyridine rings is 1. The van der Waals surface area contributed by atoms with Crippen LogP contribution < -0.4 is 9.80 Å². The van der Waals surface area contributed by atoms with E-state index in [9.17, 15) is 19.6 Å². The van der Waals surface area contributed by atoms with Crippen LogP contribution in [0.2, 0.25) is 0 Å². The number of thiazole rings is 1. The minimum atomic E-state index is -0.402. The molecule has 1 atom stereocenters. The average molecular weight is 603 g/mol. The number of halogens is 1. The summed E-state index contributed by atoms with van der Waals surface area (Å²) in [5.74, 6) is -0.247. The number of hydrogen-bond acceptors (Lipinski definition) is 9. The second kappa shape index (κ2) is 11.9. The predicted molar refractivity (Wildman–Crippen MR) is 165 cm³/mol. The van der Waals surface area contributed by atoms with Crippen molar-refractivity contribution in [3.05, 3.63) is 58.5 Å². The minimum Gasteiger partial charge on any atom is -0.391 e. The van der Waals surface area contributed by atoms with Crippen molar-refractivity contribution in [3.8, 4) is 17.3 Å². The van der Waals surface area contributed by atoms with Crippen LogP contribution in [0.3, 0.4) is 0 Å². The van der Waals surface area contributed by atoms with Crippen LogP contribution >= 0.6 is 11.3 Å². The average Bonchev–Trinajstić information content (AvgIpc) is 3.74. The molecule has 1 aromatic carbocycles. The van der Waals surface area contributed by atoms with E-state index in [-0.39, 0.29) is 11.7 Å². The van der Waals surface area contributed by atoms with E-state index in [1.54, 1.807) is 17.0 Å². The van der Waals surface area contributed by atoms with Gasteiger partial charge in [-0.25, -0.2) is 13.9 Å². The highest BCUT2D eigenvalue weighted by Gasteiger charge is 2.28. The molecule has 3 aromatic heterocycles. The summed E-state index contributed by atoms with van der Waals surface area (Å²) in [5.41, 5.74) is 6.16. The van der Waals surface area contributed by atoms with E-state index >= 15 is 0 Å². The molecule has 0 aliphatic carbocycles. The van der Waals surface area contributed by atoms with Gasteiger partial charge < -0.3 is 19.8 Å². The van der Waals surface area contributed by atoms with Crippen molar-refractivity contribution in [2.75, 3.05) is 62.7 Å². The van der Waals surface area contributed by atoms with Crippen molar-refractivity contribution >= 4 is 39.3 Å². The number of fused-ring (bicyclic) bond motifs is 1. The van der Waals surface area contributed by atoms with Crippen LogP contribution in [0.5, 0.6) is 0 Å². The molecule has 2 aliphatic heterocycles. The molecular weight excluding hydrogens is 567 g/mol. The Labute approximate surface area is 254 Å². The number of aromatic nitrogens is 3. The molecule has 0 radical (unpaired) electrons. The molecule has 1 N–H and O–H groups in total. The molecule has 5 heterocycles. The summed E-state index contributed by atoms with van der Waals surface area (Å²) in [7, 11) is 1.95. The second-order valence-corrected chi connectivity index (χ2v) is 12.2. The van der Waals surface area contributed by atoms with Crippen LogP contribution in [0.1, 0.15) is 29.6 Å². The second-order valence-electron chi connectivity index (χ2n) is 11.2. The molecule has 10 nitrogen and oxygen atoms in total. The van der Waals surface area contributed by atoms with E-state index in [1.807, 2.05) is 16.5 Å². The van der Waals surface area contributed by atoms with Gasteiger partial charge in [-0.3, -0.25) is 9.69 Å². The topological polar surface area (TPSA) is 104 Å². The van der Waals surface area contributed by atoms with E-state index in [1.165, 1.54) is 23.5 Å². The third-order valence-corrected chi connectivity index (χ3v) is 9.38. The Morgan fingerprint density at radius 3 is 2.58 bits per heavy atom. The van der Waals surface area contributed by atoms with Crippen LogP contribution in [-0.4, -0.2) is 94.4 Å². The number of aliphatic hydroxyl groups is 1. The fourth-order valence-corrected chi connectivity index (χ4v) is 6.82. The summed E-state index contributed by atoms with van der Waals surface area (Å²) < 4.78 is 15.5. The van der Waals surface area contributed by atoms with Gasteiger partial charge in [0.15, 0.2) is 5.13 Å². The number of β-amino-alcohol motifs (C(OH)–C–C–N with tert-alkyl or cyclic N) is 1. The van der Waals surface area contributed by atoms with E-state index in [0.717, 1.165) is 60.9 Å². The number of nitriles is 1. The van der Waals surface area contributed by atoms with Gasteiger partial charge in [-0.2, -0.15) is 10.4 Å². The Bertz CT molecular complexity index is 1690. The molecule has 2 saturated heterocycles. The molecule has 0 spiro atoms. The van der Waals surface area contributed by atoms with Crippen LogP contribution in [0.25, 0.3) is 16.8 Å². The number of anilines is 3. The smallest absolute Gasteiger partial charge is 0.236 e. The first-order valence-corrected chi connectivity index (χ1v) is 15.4. The van der Waals surface area contributed by atoms with Crippen molar-refractivity contribution < 1.29 is 14.3 Å². The molecular formula is C31H35FN8O2S. The summed E-state index contributed by atoms with van der Waals surface area (Å²) in [6, 6.07) is 12.6. The quantitative estimate of drug-likeness (QED) is 0.341. The maximum Gasteiger partial charge on any atom is 0.236 e. The first-order valence-electron chi connectivity index (χ1n) is 14.6. The fourth-order valence-electron chi connectivity index (χ4n) is 5.96. The fraction of sp³-hybridized carbons (Fsp3) is 0.419. The van der Waals surface area contributed by atoms with Crippen molar-refractivity contribution in [2.45, 2.75) is 32.8 Å². The largest absolute Gasteiger partial charge is 0.391 e. The lowest BCUT2D eigenvalue weighted by Crippen LogP contribution is -2.50. The molecule has 0 saturated carbocycles. The maximum absolute atomic E-state index is 13.5. The van der Waals surface area contributed by atoms with Crippen LogP contribution in [-0.2, 0) is 11.2 Å². The molecule has 12 heteroatoms. The van der Waals surface area contributed by atoms with Crippen LogP contribution in [0.4, 0.5) is 20.9 Å². The number of carbonyl (C=O) groups excluding carboxylic acids is 1. The summed E-state index contributed by atoms with van der Waals surface area (Å²) in [5, 5.41) is 25.2. The van der Waals surface area contributed by atoms with Gasteiger partial charge >= 0.3 is 0 Å². The SMILES string of the molecule is CCc1nn2c(C)cc(N3CCN(CC(=O)N4CCC(O)C4)CC3)cc2c1N(C)c1nc(-c2ccc(F)cc2)c(C#N)s1. The highest BCUT2D eigenvalue weighted by molar-refractivity contribution is 7.16. The minimum absolute atomic E-state index is 0.0885. The number of likely N-dealkylation sites (tertiary alicyclic amines) is 1. The normalized spacial score (nSPS) is 17.5. The van der Waals surface area contributed by atoms with Crippen molar-refractivity contribution in [1.82, 2.24) is 24.4 Å². The summed E-state index contributed by atoms with van der Waals surface area (Å²) >= 11 is 1.31. The van der Waals surface area contributed by atoms with Gasteiger partial charge in [-0.05, 0) is 56.2 Å². The zero-order chi connectivity index (χ0) is 30.2. The first-order chi connectivity index (χ1) is 20.7. The Morgan fingerprint density at radius 1 is 1.19 bits per heavy atom. The van der Waals surface area contributed by atoms with Gasteiger partial charge in [0.2, 0.25) is 5.91 Å². The zero-order valence-corrected chi connectivity index (χ0v) is 25.4. The molecule has 4 aromatic rings. The number of hydrogen-bond donors (Lipinski definition) is 1. The van der Waals surface area contributed by atoms with Gasteiger partial charge in [-0.1, -0.05) is 18.3 Å². The van der Waals surface area contributed by atoms with Gasteiger partial charge in [0.25, 0.3) is 0 Å². The first kappa shape index (κ1) is 29.0. The summed E-state index contributed by atoms with van der Waals surface area (Å²) in [6.45, 7) is 8.73. The Hall–Kier alpha value is -4.05. The number of aryl methyl sites for hydroxylation is 2. The highest BCUT2D eigenvalue weighted by Crippen LogP contribution is 2.39. The number of aliphatic hydroxyl groups excluding tert-OH is 1. The van der Waals surface area contributed by atoms with E-state index in [4.69, 9.17) is 10.1 Å². The number of piperazine rings is 1. The third-order valence-electron chi connectivity index (χ3n) is 8.35. The van der Waals surface area contributed by atoms with Crippen molar-refractivity contribution in [1.29, 1.82) is 5.26 Å². The molecule has 1 unspecified atom stereocenters. The molecule has 2 aliphatic rings. The molecule has 1 amide bonds. The van der Waals surface area contributed by atoms with E-state index in [2.05, 4.69) is 41.8 Å². The van der Waals surface area contributed by atoms with Gasteiger partial charge in [0, 0.05) is 63.3 Å². The van der Waals surface area contributed by atoms with E-state index < -0.39 is 6.10 Å². The highest BCUT2D eigenvalue weighted by atomic mass is 32.1. The van der Waals surface area contributed by atoms with Gasteiger partial charge in [0.1, 0.15) is 22.5 Å². The van der Waals surface area contributed by atoms with Gasteiger partial charge in [-0.15, -0.1) is 0 Å². The third kappa shape index (κ3) is 5.68. The number of rotatable bonds is 7. The van der Waals surface area contributed by atoms with Crippen LogP contribution in [0, 0.1) is 24.1 Å². The molecule has 224 valence electrons. The number of carbonyl (C=O) groups is 1. The van der Waals surface area contributed by atoms with E-state index in [0.29, 0.717) is 47.3 Å². The van der Waals surface area contributed by atoms with Crippen molar-refractivity contribution in [3.63, 3.8) is 0 Å². The molecule has 0 bridgehead atoms. The number of nitrogens with zero attached hydrogens (tertiary/aromatic N) is 8. The number of benzene rings is 1. The standard InChI is InChI=1S/C31H35FN8O2S/c1-4-25-30(36(3)31-34-29(27(17-33)43-31)21-5-7-22(32)8-6-21)26-16-23(15-20(2)40(26)35-25)38-13-11-37(12-14-38)19-28(42)39-10-9-24(41)18-39/h5-8,15-16,24,41H,4,9-14,18-19H2,1-3H3.